The fraction of sp³-hybridized carbons (Fsp3) is 0.644. The monoisotopic (exact) mass is 1420 g/mol. The molecule has 0 spiro atoms. The van der Waals surface area contributed by atoms with Crippen molar-refractivity contribution >= 4 is 115 Å². The first-order valence-electron chi connectivity index (χ1n) is 40.9. The van der Waals surface area contributed by atoms with Gasteiger partial charge < -0.3 is 9.47 Å². The molecule has 8 nitrogen and oxygen atoms in total. The second-order valence-electron chi connectivity index (χ2n) is 34.6. The molecule has 11 heteroatoms. The van der Waals surface area contributed by atoms with E-state index in [0.29, 0.717) is 46.5 Å². The summed E-state index contributed by atoms with van der Waals surface area (Å²) in [6, 6.07) is 13.9. The van der Waals surface area contributed by atoms with Crippen LogP contribution in [0.15, 0.2) is 36.4 Å². The van der Waals surface area contributed by atoms with E-state index in [0.717, 1.165) is 136 Å². The summed E-state index contributed by atoms with van der Waals surface area (Å²) < 4.78 is 24.1. The fourth-order valence-corrected chi connectivity index (χ4v) is 28.4. The van der Waals surface area contributed by atoms with E-state index in [4.69, 9.17) is 38.2 Å². The van der Waals surface area contributed by atoms with E-state index in [1.54, 1.807) is 0 Å². The van der Waals surface area contributed by atoms with Gasteiger partial charge in [-0.25, -0.2) is 19.9 Å². The second kappa shape index (κ2) is 36.0. The molecule has 3 heterocycles. The number of rotatable bonds is 38. The molecule has 0 saturated carbocycles. The van der Waals surface area contributed by atoms with Gasteiger partial charge in [-0.05, 0) is 92.3 Å². The average molecular weight is 1420 g/mol. The quantitative estimate of drug-likeness (QED) is 0.0124. The predicted molar refractivity (Wildman–Crippen MR) is 447 cm³/mol. The Morgan fingerprint density at radius 1 is 0.337 bits per heavy atom. The van der Waals surface area contributed by atoms with Gasteiger partial charge in [0.15, 0.2) is 11.5 Å². The highest BCUT2D eigenvalue weighted by atomic mass is 32.1. The maximum atomic E-state index is 6.88. The van der Waals surface area contributed by atoms with Crippen LogP contribution in [-0.2, 0) is 10.8 Å². The minimum Gasteiger partial charge on any atom is -0.490 e. The molecule has 3 aromatic heterocycles. The van der Waals surface area contributed by atoms with Gasteiger partial charge in [-0.2, -0.15) is 8.75 Å². The molecule has 9 aromatic rings. The first-order chi connectivity index (χ1) is 48.3. The number of nitrogens with zero attached hydrogens (tertiary/aromatic N) is 6. The lowest BCUT2D eigenvalue weighted by molar-refractivity contribution is 0.259. The van der Waals surface area contributed by atoms with Crippen LogP contribution in [0.4, 0.5) is 0 Å². The minimum atomic E-state index is -2.26. The minimum absolute atomic E-state index is 0.236. The summed E-state index contributed by atoms with van der Waals surface area (Å²) in [5.74, 6) is 9.42. The molecule has 6 aromatic carbocycles. The Hall–Kier alpha value is -5.47. The van der Waals surface area contributed by atoms with Crippen molar-refractivity contribution < 1.29 is 9.47 Å². The van der Waals surface area contributed by atoms with E-state index < -0.39 is 16.1 Å². The maximum absolute atomic E-state index is 6.88. The number of unbranched alkanes of at least 4 members (excludes halogenated alkanes) is 26. The summed E-state index contributed by atoms with van der Waals surface area (Å²) in [6.45, 7) is 48.4. The summed E-state index contributed by atoms with van der Waals surface area (Å²) in [6.07, 6.45) is 37.0. The summed E-state index contributed by atoms with van der Waals surface area (Å²) in [5, 5.41) is 6.49. The summed E-state index contributed by atoms with van der Waals surface area (Å²) in [7, 11) is -4.51. The zero-order valence-electron chi connectivity index (χ0n) is 67.0. The van der Waals surface area contributed by atoms with Crippen molar-refractivity contribution in [2.45, 2.75) is 362 Å². The van der Waals surface area contributed by atoms with Gasteiger partial charge in [-0.15, -0.1) is 11.1 Å². The molecule has 9 rings (SSSR count). The molecular weight excluding hydrogens is 1290 g/mol. The lowest BCUT2D eigenvalue weighted by Gasteiger charge is -2.38. The van der Waals surface area contributed by atoms with Crippen LogP contribution in [0, 0.1) is 22.9 Å². The highest BCUT2D eigenvalue weighted by Gasteiger charge is 2.43. The van der Waals surface area contributed by atoms with Crippen molar-refractivity contribution in [3.63, 3.8) is 0 Å². The van der Waals surface area contributed by atoms with Crippen LogP contribution < -0.4 is 9.47 Å². The number of hydrogen-bond donors (Lipinski definition) is 0. The smallest absolute Gasteiger partial charge is 0.163 e. The third-order valence-corrected chi connectivity index (χ3v) is 36.5. The molecule has 0 bridgehead atoms. The summed E-state index contributed by atoms with van der Waals surface area (Å²) >= 11 is 1.25. The molecule has 0 radical (unpaired) electrons. The molecule has 0 aliphatic carbocycles. The van der Waals surface area contributed by atoms with Gasteiger partial charge in [0, 0.05) is 44.5 Å². The average Bonchev–Trinajstić information content (AvgIpc) is 0.990. The van der Waals surface area contributed by atoms with Gasteiger partial charge in [0.1, 0.15) is 38.2 Å². The predicted octanol–water partition coefficient (Wildman–Crippen LogP) is 28.2. The lowest BCUT2D eigenvalue weighted by atomic mass is 9.80. The first kappa shape index (κ1) is 79.6. The molecule has 0 saturated heterocycles. The van der Waals surface area contributed by atoms with E-state index >= 15 is 0 Å². The Bertz CT molecular complexity index is 4020. The van der Waals surface area contributed by atoms with Gasteiger partial charge in [-0.1, -0.05) is 317 Å². The lowest BCUT2D eigenvalue weighted by Crippen LogP contribution is -2.43. The SMILES string of the molecule is CCCCCCCCCCCCCCCCOc1cc2nc3c4cc(C(C)(C)C)cc5c6nc7c(C#C[Si](C(C)C)(C(C)C)C(C)C)c8nsnc8c(C#C[Si](C(C)C)(C(C)C)C(C)C)c7nc6c6cc(C(C)(C)C)cc(c3nc2cc1OCCCCCCCCCCCCCCCC)c6c45. The third kappa shape index (κ3) is 18.3. The van der Waals surface area contributed by atoms with Crippen molar-refractivity contribution in [1.29, 1.82) is 0 Å². The van der Waals surface area contributed by atoms with E-state index in [9.17, 15) is 0 Å². The highest BCUT2D eigenvalue weighted by Crippen LogP contribution is 2.49. The zero-order valence-corrected chi connectivity index (χ0v) is 69.9. The number of fused-ring (bicyclic) bond motifs is 9. The van der Waals surface area contributed by atoms with Gasteiger partial charge in [0.05, 0.1) is 69.2 Å². The summed E-state index contributed by atoms with van der Waals surface area (Å²) in [5.41, 5.74) is 22.5. The van der Waals surface area contributed by atoms with Crippen molar-refractivity contribution in [2.24, 2.45) is 0 Å². The molecule has 0 aliphatic heterocycles. The van der Waals surface area contributed by atoms with Crippen LogP contribution in [0.1, 0.15) is 341 Å². The molecule has 0 aliphatic rings. The second-order valence-corrected chi connectivity index (χ2v) is 46.3. The van der Waals surface area contributed by atoms with Crippen LogP contribution >= 0.6 is 11.7 Å². The maximum Gasteiger partial charge on any atom is 0.163 e. The third-order valence-electron chi connectivity index (χ3n) is 23.4. The fourth-order valence-electron chi connectivity index (χ4n) is 17.4. The zero-order chi connectivity index (χ0) is 72.8. The molecule has 0 fully saturated rings. The molecule has 0 atom stereocenters. The van der Waals surface area contributed by atoms with Gasteiger partial charge >= 0.3 is 0 Å². The van der Waals surface area contributed by atoms with E-state index in [1.807, 2.05) is 0 Å². The Labute approximate surface area is 618 Å². The Morgan fingerprint density at radius 2 is 0.594 bits per heavy atom. The van der Waals surface area contributed by atoms with E-state index in [2.05, 4.69) is 198 Å². The van der Waals surface area contributed by atoms with Crippen molar-refractivity contribution in [3.05, 3.63) is 58.7 Å². The van der Waals surface area contributed by atoms with Crippen LogP contribution in [0.5, 0.6) is 11.5 Å². The van der Waals surface area contributed by atoms with Crippen molar-refractivity contribution in [1.82, 2.24) is 28.7 Å². The standard InChI is InChI=1S/C90H132N6O2SSi2/c1-21-23-25-27-29-31-33-35-37-39-41-43-45-47-51-97-77-59-75-76(60-78(77)98-52-48-46-44-42-40-38-36-34-32-30-28-26-24-22-2)92-84-72-56-68(90(18,19)20)58-74-80(72)79-71(83(84)91-75)55-67(89(15,16)17)57-73(79)85-86(74)94-82-70(50-54-101(64(9)10,65(11)12)66(13)14)88-87(95-99-96-88)69(81(82)93-85)49-53-100(61(3)4,62(5)6)63(7)8/h55-66H,21-48,51-52H2,1-20H3. The van der Waals surface area contributed by atoms with Gasteiger partial charge in [-0.3, -0.25) is 0 Å². The van der Waals surface area contributed by atoms with Gasteiger partial charge in [0.2, 0.25) is 0 Å². The Morgan fingerprint density at radius 3 is 0.851 bits per heavy atom. The van der Waals surface area contributed by atoms with Crippen LogP contribution in [0.25, 0.3) is 87.5 Å². The van der Waals surface area contributed by atoms with Crippen molar-refractivity contribution in [2.75, 3.05) is 13.2 Å². The van der Waals surface area contributed by atoms with Gasteiger partial charge in [0.25, 0.3) is 0 Å². The molecule has 0 unspecified atom stereocenters. The van der Waals surface area contributed by atoms with E-state index in [-0.39, 0.29) is 10.8 Å². The van der Waals surface area contributed by atoms with Crippen LogP contribution in [0.2, 0.25) is 33.2 Å². The molecular formula is C90H132N6O2SSi2. The number of ether oxygens (including phenoxy) is 2. The number of aromatic nitrogens is 6. The van der Waals surface area contributed by atoms with Crippen LogP contribution in [-0.4, -0.2) is 58.0 Å². The van der Waals surface area contributed by atoms with Crippen molar-refractivity contribution in [3.8, 4) is 34.4 Å². The topological polar surface area (TPSA) is 95.8 Å². The molecule has 0 N–H and O–H groups in total. The van der Waals surface area contributed by atoms with Crippen LogP contribution in [0.3, 0.4) is 0 Å². The highest BCUT2D eigenvalue weighted by molar-refractivity contribution is 7.00. The summed E-state index contributed by atoms with van der Waals surface area (Å²) in [4.78, 5) is 23.8. The number of benzene rings is 6. The Kier molecular flexibility index (Phi) is 28.4. The number of hydrogen-bond acceptors (Lipinski definition) is 9. The largest absolute Gasteiger partial charge is 0.490 e. The normalized spacial score (nSPS) is 12.9. The van der Waals surface area contributed by atoms with E-state index in [1.165, 1.54) is 177 Å². The first-order valence-corrected chi connectivity index (χ1v) is 46.1. The Balaban J connectivity index is 1.20. The molecule has 0 amide bonds. The molecule has 548 valence electrons. The molecule has 101 heavy (non-hydrogen) atoms.